The average Bonchev–Trinajstić information content (AvgIpc) is 2.27. The van der Waals surface area contributed by atoms with E-state index in [-0.39, 0.29) is 6.42 Å². The van der Waals surface area contributed by atoms with Crippen LogP contribution < -0.4 is 0 Å². The molecule has 0 saturated heterocycles. The van der Waals surface area contributed by atoms with Crippen molar-refractivity contribution in [3.05, 3.63) is 29.6 Å². The van der Waals surface area contributed by atoms with Crippen LogP contribution >= 0.6 is 0 Å². The van der Waals surface area contributed by atoms with Crippen molar-refractivity contribution in [2.24, 2.45) is 0 Å². The topological polar surface area (TPSA) is 53.4 Å². The molecule has 0 aliphatic carbocycles. The van der Waals surface area contributed by atoms with E-state index in [1.807, 2.05) is 19.3 Å². The van der Waals surface area contributed by atoms with Gasteiger partial charge in [-0.25, -0.2) is 0 Å². The molecule has 1 N–H and O–H groups in total. The van der Waals surface area contributed by atoms with Gasteiger partial charge in [-0.15, -0.1) is 0 Å². The van der Waals surface area contributed by atoms with E-state index in [4.69, 9.17) is 5.11 Å². The Morgan fingerprint density at radius 2 is 2.17 bits per heavy atom. The first-order valence-corrected chi connectivity index (χ1v) is 6.35. The Morgan fingerprint density at radius 3 is 2.72 bits per heavy atom. The fourth-order valence-corrected chi connectivity index (χ4v) is 1.89. The highest BCUT2D eigenvalue weighted by molar-refractivity contribution is 5.66. The molecule has 4 nitrogen and oxygen atoms in total. The van der Waals surface area contributed by atoms with E-state index in [1.54, 1.807) is 0 Å². The number of carboxylic acids is 1. The fraction of sp³-hybridized carbons (Fsp3) is 0.571. The highest BCUT2D eigenvalue weighted by atomic mass is 16.4. The minimum atomic E-state index is -0.726. The maximum atomic E-state index is 10.5. The zero-order valence-electron chi connectivity index (χ0n) is 11.4. The zero-order chi connectivity index (χ0) is 13.5. The van der Waals surface area contributed by atoms with E-state index in [0.29, 0.717) is 12.5 Å². The van der Waals surface area contributed by atoms with Crippen LogP contribution in [0.4, 0.5) is 0 Å². The van der Waals surface area contributed by atoms with Crippen molar-refractivity contribution < 1.29 is 9.90 Å². The first-order valence-electron chi connectivity index (χ1n) is 6.35. The van der Waals surface area contributed by atoms with E-state index < -0.39 is 5.97 Å². The Bertz CT molecular complexity index is 391. The molecule has 0 saturated carbocycles. The molecule has 0 amide bonds. The molecule has 1 rings (SSSR count). The lowest BCUT2D eigenvalue weighted by Crippen LogP contribution is -2.31. The molecule has 0 radical (unpaired) electrons. The number of hydrogen-bond donors (Lipinski definition) is 1. The predicted octanol–water partition coefficient (Wildman–Crippen LogP) is 2.47. The summed E-state index contributed by atoms with van der Waals surface area (Å²) in [5, 5.41) is 8.66. The lowest BCUT2D eigenvalue weighted by atomic mass is 10.1. The summed E-state index contributed by atoms with van der Waals surface area (Å²) in [6, 6.07) is 2.53. The highest BCUT2D eigenvalue weighted by Crippen LogP contribution is 2.10. The second-order valence-electron chi connectivity index (χ2n) is 4.93. The fourth-order valence-electron chi connectivity index (χ4n) is 1.89. The number of nitrogens with zero attached hydrogens (tertiary/aromatic N) is 2. The Balaban J connectivity index is 2.54. The molecule has 0 aromatic carbocycles. The van der Waals surface area contributed by atoms with E-state index >= 15 is 0 Å². The van der Waals surface area contributed by atoms with Gasteiger partial charge in [-0.2, -0.15) is 0 Å². The van der Waals surface area contributed by atoms with Gasteiger partial charge in [0.25, 0.3) is 0 Å². The van der Waals surface area contributed by atoms with E-state index in [1.165, 1.54) is 5.56 Å². The summed E-state index contributed by atoms with van der Waals surface area (Å²) < 4.78 is 0. The van der Waals surface area contributed by atoms with Crippen molar-refractivity contribution in [2.75, 3.05) is 6.54 Å². The van der Waals surface area contributed by atoms with Crippen molar-refractivity contribution in [1.82, 2.24) is 9.88 Å². The van der Waals surface area contributed by atoms with Crippen LogP contribution in [0, 0.1) is 6.92 Å². The molecule has 0 atom stereocenters. The second kappa shape index (κ2) is 7.11. The molecule has 0 aliphatic heterocycles. The first kappa shape index (κ1) is 14.6. The van der Waals surface area contributed by atoms with Gasteiger partial charge < -0.3 is 5.11 Å². The van der Waals surface area contributed by atoms with Gasteiger partial charge in [0.05, 0.1) is 0 Å². The summed E-state index contributed by atoms with van der Waals surface area (Å²) in [6.45, 7) is 7.92. The Hall–Kier alpha value is -1.42. The molecular weight excluding hydrogens is 228 g/mol. The number of carboxylic acid groups (broad SMARTS) is 1. The summed E-state index contributed by atoms with van der Waals surface area (Å²) in [7, 11) is 0. The molecule has 1 heterocycles. The quantitative estimate of drug-likeness (QED) is 0.807. The van der Waals surface area contributed by atoms with Crippen LogP contribution in [0.25, 0.3) is 0 Å². The number of hydrogen-bond acceptors (Lipinski definition) is 3. The number of carbonyl (C=O) groups is 1. The third kappa shape index (κ3) is 5.27. The smallest absolute Gasteiger partial charge is 0.303 e. The van der Waals surface area contributed by atoms with Crippen LogP contribution in [-0.4, -0.2) is 33.5 Å². The van der Waals surface area contributed by atoms with Crippen LogP contribution in [0.1, 0.15) is 37.8 Å². The monoisotopic (exact) mass is 250 g/mol. The summed E-state index contributed by atoms with van der Waals surface area (Å²) >= 11 is 0. The Kier molecular flexibility index (Phi) is 5.78. The molecule has 4 heteroatoms. The average molecular weight is 250 g/mol. The van der Waals surface area contributed by atoms with Crippen molar-refractivity contribution in [3.63, 3.8) is 0 Å². The second-order valence-corrected chi connectivity index (χ2v) is 4.93. The van der Waals surface area contributed by atoms with Crippen LogP contribution in [0.3, 0.4) is 0 Å². The normalized spacial score (nSPS) is 11.2. The number of aryl methyl sites for hydroxylation is 1. The van der Waals surface area contributed by atoms with E-state index in [0.717, 1.165) is 18.7 Å². The third-order valence-electron chi connectivity index (χ3n) is 2.88. The number of aromatic nitrogens is 1. The van der Waals surface area contributed by atoms with Crippen molar-refractivity contribution in [1.29, 1.82) is 0 Å². The molecule has 0 bridgehead atoms. The van der Waals surface area contributed by atoms with E-state index in [9.17, 15) is 4.79 Å². The van der Waals surface area contributed by atoms with Gasteiger partial charge in [0.2, 0.25) is 0 Å². The SMILES string of the molecule is Cc1cncc(CN(CCCC(=O)O)C(C)C)c1. The first-order chi connectivity index (χ1) is 8.49. The number of pyridine rings is 1. The van der Waals surface area contributed by atoms with Crippen molar-refractivity contribution in [3.8, 4) is 0 Å². The van der Waals surface area contributed by atoms with Gasteiger partial charge in [0.1, 0.15) is 0 Å². The zero-order valence-corrected chi connectivity index (χ0v) is 11.4. The van der Waals surface area contributed by atoms with Gasteiger partial charge >= 0.3 is 5.97 Å². The van der Waals surface area contributed by atoms with Gasteiger partial charge in [0.15, 0.2) is 0 Å². The maximum absolute atomic E-state index is 10.5. The van der Waals surface area contributed by atoms with E-state index in [2.05, 4.69) is 29.8 Å². The highest BCUT2D eigenvalue weighted by Gasteiger charge is 2.11. The summed E-state index contributed by atoms with van der Waals surface area (Å²) in [5.41, 5.74) is 2.33. The lowest BCUT2D eigenvalue weighted by Gasteiger charge is -2.26. The molecular formula is C14H22N2O2. The summed E-state index contributed by atoms with van der Waals surface area (Å²) in [4.78, 5) is 17.0. The molecule has 0 fully saturated rings. The van der Waals surface area contributed by atoms with Gasteiger partial charge in [-0.1, -0.05) is 6.07 Å². The molecule has 0 spiro atoms. The largest absolute Gasteiger partial charge is 0.481 e. The summed E-state index contributed by atoms with van der Waals surface area (Å²) in [5.74, 6) is -0.726. The number of aliphatic carboxylic acids is 1. The standard InChI is InChI=1S/C14H22N2O2/c1-11(2)16(6-4-5-14(17)18)10-13-7-12(3)8-15-9-13/h7-9,11H,4-6,10H2,1-3H3,(H,17,18). The van der Waals surface area contributed by atoms with Gasteiger partial charge in [0, 0.05) is 31.4 Å². The summed E-state index contributed by atoms with van der Waals surface area (Å²) in [6.07, 6.45) is 4.63. The Labute approximate surface area is 109 Å². The predicted molar refractivity (Wildman–Crippen MR) is 71.4 cm³/mol. The molecule has 1 aromatic rings. The van der Waals surface area contributed by atoms with Crippen LogP contribution in [0.15, 0.2) is 18.5 Å². The van der Waals surface area contributed by atoms with Crippen molar-refractivity contribution >= 4 is 5.97 Å². The van der Waals surface area contributed by atoms with Gasteiger partial charge in [-0.05, 0) is 44.9 Å². The molecule has 18 heavy (non-hydrogen) atoms. The molecule has 0 unspecified atom stereocenters. The molecule has 0 aliphatic rings. The molecule has 1 aromatic heterocycles. The number of rotatable bonds is 7. The lowest BCUT2D eigenvalue weighted by molar-refractivity contribution is -0.137. The van der Waals surface area contributed by atoms with Crippen LogP contribution in [0.2, 0.25) is 0 Å². The van der Waals surface area contributed by atoms with Crippen LogP contribution in [0.5, 0.6) is 0 Å². The minimum Gasteiger partial charge on any atom is -0.481 e. The Morgan fingerprint density at radius 1 is 1.44 bits per heavy atom. The molecule has 100 valence electrons. The minimum absolute atomic E-state index is 0.231. The van der Waals surface area contributed by atoms with Crippen molar-refractivity contribution in [2.45, 2.75) is 46.2 Å². The maximum Gasteiger partial charge on any atom is 0.303 e. The van der Waals surface area contributed by atoms with Crippen LogP contribution in [-0.2, 0) is 11.3 Å². The third-order valence-corrected chi connectivity index (χ3v) is 2.88. The van der Waals surface area contributed by atoms with Gasteiger partial charge in [-0.3, -0.25) is 14.7 Å².